The highest BCUT2D eigenvalue weighted by atomic mass is 35.5. The van der Waals surface area contributed by atoms with Crippen LogP contribution in [0.1, 0.15) is 18.2 Å². The molecule has 2 heterocycles. The van der Waals surface area contributed by atoms with Crippen molar-refractivity contribution in [3.8, 4) is 0 Å². The maximum Gasteiger partial charge on any atom is 0.242 e. The van der Waals surface area contributed by atoms with Gasteiger partial charge in [0.15, 0.2) is 0 Å². The van der Waals surface area contributed by atoms with Crippen molar-refractivity contribution in [2.45, 2.75) is 24.8 Å². The first kappa shape index (κ1) is 16.2. The molecule has 0 aliphatic rings. The van der Waals surface area contributed by atoms with Gasteiger partial charge in [0.05, 0.1) is 5.02 Å². The van der Waals surface area contributed by atoms with Crippen LogP contribution in [0.3, 0.4) is 0 Å². The molecule has 2 aromatic rings. The summed E-state index contributed by atoms with van der Waals surface area (Å²) in [6, 6.07) is 5.15. The number of rotatable bonds is 7. The highest BCUT2D eigenvalue weighted by Gasteiger charge is 2.16. The van der Waals surface area contributed by atoms with Gasteiger partial charge in [-0.2, -0.15) is 0 Å². The van der Waals surface area contributed by atoms with Gasteiger partial charge in [-0.05, 0) is 23.9 Å². The van der Waals surface area contributed by atoms with Gasteiger partial charge in [-0.15, -0.1) is 11.3 Å². The number of anilines is 1. The minimum atomic E-state index is -3.61. The molecule has 0 spiro atoms. The Morgan fingerprint density at radius 1 is 1.43 bits per heavy atom. The molecule has 0 aliphatic heterocycles. The Morgan fingerprint density at radius 3 is 2.86 bits per heavy atom. The molecule has 2 aromatic heterocycles. The van der Waals surface area contributed by atoms with E-state index in [1.807, 2.05) is 24.4 Å². The molecule has 0 unspecified atom stereocenters. The number of sulfonamides is 1. The molecular weight excluding hydrogens is 330 g/mol. The van der Waals surface area contributed by atoms with Gasteiger partial charge in [0, 0.05) is 24.2 Å². The predicted molar refractivity (Wildman–Crippen MR) is 86.4 cm³/mol. The van der Waals surface area contributed by atoms with Crippen molar-refractivity contribution in [2.75, 3.05) is 11.9 Å². The first-order valence-electron chi connectivity index (χ1n) is 6.44. The van der Waals surface area contributed by atoms with Gasteiger partial charge >= 0.3 is 0 Å². The first-order valence-corrected chi connectivity index (χ1v) is 9.18. The fourth-order valence-electron chi connectivity index (χ4n) is 1.60. The van der Waals surface area contributed by atoms with Crippen LogP contribution in [-0.4, -0.2) is 19.9 Å². The molecule has 0 bridgehead atoms. The van der Waals surface area contributed by atoms with Crippen molar-refractivity contribution in [3.05, 3.63) is 39.7 Å². The first-order chi connectivity index (χ1) is 10.0. The van der Waals surface area contributed by atoms with Crippen LogP contribution in [0.25, 0.3) is 0 Å². The van der Waals surface area contributed by atoms with Gasteiger partial charge in [0.2, 0.25) is 10.0 Å². The molecule has 114 valence electrons. The van der Waals surface area contributed by atoms with Crippen LogP contribution in [0.4, 0.5) is 5.82 Å². The number of aromatic nitrogens is 1. The average molecular weight is 346 g/mol. The van der Waals surface area contributed by atoms with Gasteiger partial charge < -0.3 is 5.32 Å². The van der Waals surface area contributed by atoms with Crippen molar-refractivity contribution < 1.29 is 8.42 Å². The third kappa shape index (κ3) is 4.41. The molecule has 0 saturated heterocycles. The molecule has 0 fully saturated rings. The SMILES string of the molecule is CCCNc1ncc(S(=O)(=O)NCc2cccs2)cc1Cl. The van der Waals surface area contributed by atoms with Crippen molar-refractivity contribution in [1.82, 2.24) is 9.71 Å². The number of pyridine rings is 1. The summed E-state index contributed by atoms with van der Waals surface area (Å²) in [7, 11) is -3.61. The van der Waals surface area contributed by atoms with Gasteiger partial charge in [0.1, 0.15) is 10.7 Å². The topological polar surface area (TPSA) is 71.1 Å². The molecular formula is C13H16ClN3O2S2. The van der Waals surface area contributed by atoms with E-state index in [1.54, 1.807) is 0 Å². The Balaban J connectivity index is 2.10. The third-order valence-corrected chi connectivity index (χ3v) is 5.22. The van der Waals surface area contributed by atoms with Crippen LogP contribution >= 0.6 is 22.9 Å². The Kier molecular flexibility index (Phi) is 5.58. The number of nitrogens with one attached hydrogen (secondary N) is 2. The van der Waals surface area contributed by atoms with E-state index in [0.717, 1.165) is 17.8 Å². The van der Waals surface area contributed by atoms with Crippen LogP contribution in [0.15, 0.2) is 34.7 Å². The lowest BCUT2D eigenvalue weighted by Crippen LogP contribution is -2.23. The molecule has 0 radical (unpaired) electrons. The van der Waals surface area contributed by atoms with Gasteiger partial charge in [-0.25, -0.2) is 18.1 Å². The summed E-state index contributed by atoms with van der Waals surface area (Å²) >= 11 is 7.55. The van der Waals surface area contributed by atoms with Gasteiger partial charge in [-0.1, -0.05) is 24.6 Å². The van der Waals surface area contributed by atoms with E-state index in [0.29, 0.717) is 10.8 Å². The molecule has 2 N–H and O–H groups in total. The zero-order valence-corrected chi connectivity index (χ0v) is 13.9. The molecule has 0 saturated carbocycles. The fraction of sp³-hybridized carbons (Fsp3) is 0.308. The van der Waals surface area contributed by atoms with Crippen LogP contribution < -0.4 is 10.0 Å². The third-order valence-electron chi connectivity index (χ3n) is 2.69. The summed E-state index contributed by atoms with van der Waals surface area (Å²) in [4.78, 5) is 5.07. The quantitative estimate of drug-likeness (QED) is 0.809. The van der Waals surface area contributed by atoms with Crippen LogP contribution in [-0.2, 0) is 16.6 Å². The molecule has 0 atom stereocenters. The summed E-state index contributed by atoms with van der Waals surface area (Å²) in [6.07, 6.45) is 2.24. The van der Waals surface area contributed by atoms with Crippen molar-refractivity contribution in [3.63, 3.8) is 0 Å². The summed E-state index contributed by atoms with van der Waals surface area (Å²) in [6.45, 7) is 3.01. The lowest BCUT2D eigenvalue weighted by atomic mass is 10.4. The van der Waals surface area contributed by atoms with Crippen LogP contribution in [0.2, 0.25) is 5.02 Å². The lowest BCUT2D eigenvalue weighted by Gasteiger charge is -2.09. The van der Waals surface area contributed by atoms with Crippen LogP contribution in [0.5, 0.6) is 0 Å². The van der Waals surface area contributed by atoms with E-state index in [4.69, 9.17) is 11.6 Å². The minimum Gasteiger partial charge on any atom is -0.369 e. The van der Waals surface area contributed by atoms with Gasteiger partial charge in [0.25, 0.3) is 0 Å². The second-order valence-electron chi connectivity index (χ2n) is 4.33. The number of thiophene rings is 1. The van der Waals surface area contributed by atoms with Gasteiger partial charge in [-0.3, -0.25) is 0 Å². The number of nitrogens with zero attached hydrogens (tertiary/aromatic N) is 1. The van der Waals surface area contributed by atoms with E-state index >= 15 is 0 Å². The monoisotopic (exact) mass is 345 g/mol. The second kappa shape index (κ2) is 7.22. The molecule has 0 aliphatic carbocycles. The standard InChI is InChI=1S/C13H16ClN3O2S2/c1-2-5-15-13-12(14)7-11(9-16-13)21(18,19)17-8-10-4-3-6-20-10/h3-4,6-7,9,17H,2,5,8H2,1H3,(H,15,16). The number of halogens is 1. The van der Waals surface area contributed by atoms with E-state index in [-0.39, 0.29) is 11.4 Å². The molecule has 21 heavy (non-hydrogen) atoms. The summed E-state index contributed by atoms with van der Waals surface area (Å²) in [5.41, 5.74) is 0. The Labute approximate surface area is 133 Å². The second-order valence-corrected chi connectivity index (χ2v) is 7.54. The maximum absolute atomic E-state index is 12.2. The smallest absolute Gasteiger partial charge is 0.242 e. The highest BCUT2D eigenvalue weighted by molar-refractivity contribution is 7.89. The summed E-state index contributed by atoms with van der Waals surface area (Å²) < 4.78 is 26.9. The van der Waals surface area contributed by atoms with E-state index in [2.05, 4.69) is 15.0 Å². The fourth-order valence-corrected chi connectivity index (χ4v) is 3.61. The highest BCUT2D eigenvalue weighted by Crippen LogP contribution is 2.22. The zero-order valence-electron chi connectivity index (χ0n) is 11.5. The zero-order chi connectivity index (χ0) is 15.3. The average Bonchev–Trinajstić information content (AvgIpc) is 2.97. The van der Waals surface area contributed by atoms with Crippen molar-refractivity contribution in [2.24, 2.45) is 0 Å². The number of hydrogen-bond donors (Lipinski definition) is 2. The summed E-state index contributed by atoms with van der Waals surface area (Å²) in [5.74, 6) is 0.496. The molecule has 0 aromatic carbocycles. The Bertz CT molecular complexity index is 687. The largest absolute Gasteiger partial charge is 0.369 e. The van der Waals surface area contributed by atoms with E-state index < -0.39 is 10.0 Å². The van der Waals surface area contributed by atoms with Crippen molar-refractivity contribution >= 4 is 38.8 Å². The van der Waals surface area contributed by atoms with E-state index in [1.165, 1.54) is 23.6 Å². The van der Waals surface area contributed by atoms with Crippen LogP contribution in [0, 0.1) is 0 Å². The van der Waals surface area contributed by atoms with E-state index in [9.17, 15) is 8.42 Å². The molecule has 2 rings (SSSR count). The molecule has 8 heteroatoms. The van der Waals surface area contributed by atoms with Crippen molar-refractivity contribution in [1.29, 1.82) is 0 Å². The summed E-state index contributed by atoms with van der Waals surface area (Å²) in [5, 5.41) is 5.23. The number of hydrogen-bond acceptors (Lipinski definition) is 5. The normalized spacial score (nSPS) is 11.5. The Hall–Kier alpha value is -1.15. The predicted octanol–water partition coefficient (Wildman–Crippen LogP) is 3.10. The molecule has 5 nitrogen and oxygen atoms in total. The maximum atomic E-state index is 12.2. The lowest BCUT2D eigenvalue weighted by molar-refractivity contribution is 0.581. The Morgan fingerprint density at radius 2 is 2.24 bits per heavy atom. The minimum absolute atomic E-state index is 0.0612. The molecule has 0 amide bonds.